The van der Waals surface area contributed by atoms with Crippen molar-refractivity contribution in [2.45, 2.75) is 38.1 Å². The van der Waals surface area contributed by atoms with E-state index in [1.165, 1.54) is 45.2 Å². The van der Waals surface area contributed by atoms with Gasteiger partial charge in [0.15, 0.2) is 0 Å². The summed E-state index contributed by atoms with van der Waals surface area (Å²) < 4.78 is 0. The van der Waals surface area contributed by atoms with Gasteiger partial charge in [-0.25, -0.2) is 0 Å². The van der Waals surface area contributed by atoms with Gasteiger partial charge in [-0.15, -0.1) is 0 Å². The minimum Gasteiger partial charge on any atom is -0.298 e. The maximum absolute atomic E-state index is 2.61. The molecule has 2 aliphatic heterocycles. The molecule has 1 nitrogen and oxygen atoms in total. The van der Waals surface area contributed by atoms with E-state index in [4.69, 9.17) is 0 Å². The summed E-state index contributed by atoms with van der Waals surface area (Å²) in [5.41, 5.74) is 0. The zero-order chi connectivity index (χ0) is 6.10. The first-order chi connectivity index (χ1) is 4.47. The molecule has 2 saturated heterocycles. The van der Waals surface area contributed by atoms with Gasteiger partial charge in [0.2, 0.25) is 0 Å². The lowest BCUT2D eigenvalue weighted by Crippen LogP contribution is -2.06. The maximum atomic E-state index is 2.61. The number of fused-ring (bicyclic) bond motifs is 1. The molecule has 0 bridgehead atoms. The van der Waals surface area contributed by atoms with E-state index >= 15 is 0 Å². The number of hydrogen-bond acceptors (Lipinski definition) is 1. The normalized spacial score (nSPS) is 42.7. The molecule has 0 spiro atoms. The van der Waals surface area contributed by atoms with Gasteiger partial charge in [-0.2, -0.15) is 0 Å². The highest BCUT2D eigenvalue weighted by atomic mass is 15.3. The molecule has 0 saturated carbocycles. The lowest BCUT2D eigenvalue weighted by molar-refractivity contribution is 0.424. The Labute approximate surface area is 57.0 Å². The van der Waals surface area contributed by atoms with Crippen LogP contribution in [0, 0.1) is 0 Å². The van der Waals surface area contributed by atoms with Crippen LogP contribution in [0.25, 0.3) is 0 Å². The van der Waals surface area contributed by atoms with Crippen LogP contribution in [0.5, 0.6) is 0 Å². The molecule has 0 amide bonds. The zero-order valence-electron chi connectivity index (χ0n) is 5.97. The maximum Gasteiger partial charge on any atom is 0.0223 e. The summed E-state index contributed by atoms with van der Waals surface area (Å²) in [6.45, 7) is 2.81. The first kappa shape index (κ1) is 5.72. The third-order valence-corrected chi connectivity index (χ3v) is 2.56. The minimum absolute atomic E-state index is 1.02. The van der Waals surface area contributed by atoms with Crippen LogP contribution >= 0.6 is 0 Å². The van der Waals surface area contributed by atoms with Crippen LogP contribution in [-0.4, -0.2) is 24.0 Å². The fourth-order valence-electron chi connectivity index (χ4n) is 1.82. The second kappa shape index (κ2) is 2.30. The van der Waals surface area contributed by atoms with Gasteiger partial charge in [-0.05, 0) is 19.4 Å². The van der Waals surface area contributed by atoms with Gasteiger partial charge in [0.05, 0.1) is 0 Å². The largest absolute Gasteiger partial charge is 0.298 e. The smallest absolute Gasteiger partial charge is 0.0223 e. The minimum atomic E-state index is 1.02. The highest BCUT2D eigenvalue weighted by molar-refractivity contribution is 4.89. The molecule has 2 aliphatic rings. The summed E-state index contributed by atoms with van der Waals surface area (Å²) in [6.07, 6.45) is 7.39. The fourth-order valence-corrected chi connectivity index (χ4v) is 1.82. The molecule has 9 heavy (non-hydrogen) atoms. The van der Waals surface area contributed by atoms with Gasteiger partial charge < -0.3 is 0 Å². The molecule has 2 rings (SSSR count). The quantitative estimate of drug-likeness (QED) is 0.445. The predicted molar refractivity (Wildman–Crippen MR) is 38.4 cm³/mol. The van der Waals surface area contributed by atoms with Gasteiger partial charge in [0.1, 0.15) is 0 Å². The fraction of sp³-hybridized carbons (Fsp3) is 1.00. The third-order valence-electron chi connectivity index (χ3n) is 2.56. The Morgan fingerprint density at radius 2 is 1.89 bits per heavy atom. The predicted octanol–water partition coefficient (Wildman–Crippen LogP) is 1.63. The lowest BCUT2D eigenvalue weighted by Gasteiger charge is -2.07. The number of rotatable bonds is 0. The second-order valence-electron chi connectivity index (χ2n) is 3.35. The van der Waals surface area contributed by atoms with Gasteiger partial charge >= 0.3 is 0 Å². The summed E-state index contributed by atoms with van der Waals surface area (Å²) in [5.74, 6) is 0. The molecule has 0 N–H and O–H groups in total. The van der Waals surface area contributed by atoms with E-state index in [1.54, 1.807) is 0 Å². The number of nitrogens with zero attached hydrogens (tertiary/aromatic N) is 1. The Morgan fingerprint density at radius 1 is 1.00 bits per heavy atom. The van der Waals surface area contributed by atoms with E-state index in [-0.39, 0.29) is 0 Å². The molecule has 2 fully saturated rings. The number of hydrogen-bond donors (Lipinski definition) is 0. The standard InChI is InChI=1S/C8H15N/c1-2-4-6-9-7-8(9)5-3-1/h8H,1-7H2/t8-,9?/m0/s1. The monoisotopic (exact) mass is 125 g/mol. The van der Waals surface area contributed by atoms with Crippen molar-refractivity contribution in [1.82, 2.24) is 4.90 Å². The Hall–Kier alpha value is -0.0400. The van der Waals surface area contributed by atoms with E-state index < -0.39 is 0 Å². The van der Waals surface area contributed by atoms with Gasteiger partial charge in [0.25, 0.3) is 0 Å². The molecule has 0 radical (unpaired) electrons. The molecule has 52 valence electrons. The Kier molecular flexibility index (Phi) is 1.46. The summed E-state index contributed by atoms with van der Waals surface area (Å²) in [7, 11) is 0. The van der Waals surface area contributed by atoms with E-state index in [0.29, 0.717) is 0 Å². The van der Waals surface area contributed by atoms with E-state index in [0.717, 1.165) is 6.04 Å². The van der Waals surface area contributed by atoms with Crippen molar-refractivity contribution >= 4 is 0 Å². The average Bonchev–Trinajstić information content (AvgIpc) is 2.46. The van der Waals surface area contributed by atoms with Crippen molar-refractivity contribution < 1.29 is 0 Å². The summed E-state index contributed by atoms with van der Waals surface area (Å²) in [4.78, 5) is 2.61. The first-order valence-electron chi connectivity index (χ1n) is 4.21. The van der Waals surface area contributed by atoms with Crippen molar-refractivity contribution in [3.8, 4) is 0 Å². The van der Waals surface area contributed by atoms with Crippen LogP contribution in [0.4, 0.5) is 0 Å². The zero-order valence-corrected chi connectivity index (χ0v) is 5.97. The SMILES string of the molecule is C1CCCN2C[C@@H]2CC1. The molecular weight excluding hydrogens is 110 g/mol. The lowest BCUT2D eigenvalue weighted by atomic mass is 10.1. The third kappa shape index (κ3) is 1.26. The Bertz CT molecular complexity index is 88.7. The van der Waals surface area contributed by atoms with Gasteiger partial charge in [0, 0.05) is 12.6 Å². The van der Waals surface area contributed by atoms with Crippen molar-refractivity contribution in [1.29, 1.82) is 0 Å². The van der Waals surface area contributed by atoms with Gasteiger partial charge in [-0.1, -0.05) is 19.3 Å². The average molecular weight is 125 g/mol. The van der Waals surface area contributed by atoms with E-state index in [9.17, 15) is 0 Å². The van der Waals surface area contributed by atoms with Crippen molar-refractivity contribution in [3.63, 3.8) is 0 Å². The Morgan fingerprint density at radius 3 is 2.89 bits per heavy atom. The molecule has 1 heteroatoms. The van der Waals surface area contributed by atoms with Crippen molar-refractivity contribution in [2.75, 3.05) is 13.1 Å². The topological polar surface area (TPSA) is 3.01 Å². The van der Waals surface area contributed by atoms with Crippen LogP contribution in [0.1, 0.15) is 32.1 Å². The van der Waals surface area contributed by atoms with E-state index in [2.05, 4.69) is 4.90 Å². The molecule has 0 aliphatic carbocycles. The van der Waals surface area contributed by atoms with Crippen LogP contribution in [-0.2, 0) is 0 Å². The van der Waals surface area contributed by atoms with E-state index in [1.807, 2.05) is 0 Å². The summed E-state index contributed by atoms with van der Waals surface area (Å²) >= 11 is 0. The summed E-state index contributed by atoms with van der Waals surface area (Å²) in [6, 6.07) is 1.02. The van der Waals surface area contributed by atoms with Crippen molar-refractivity contribution in [3.05, 3.63) is 0 Å². The molecule has 0 aromatic rings. The molecule has 0 aromatic carbocycles. The highest BCUT2D eigenvalue weighted by Gasteiger charge is 2.32. The van der Waals surface area contributed by atoms with Crippen LogP contribution in [0.2, 0.25) is 0 Å². The second-order valence-corrected chi connectivity index (χ2v) is 3.35. The first-order valence-corrected chi connectivity index (χ1v) is 4.21. The van der Waals surface area contributed by atoms with Crippen LogP contribution < -0.4 is 0 Å². The Balaban J connectivity index is 1.81. The van der Waals surface area contributed by atoms with Gasteiger partial charge in [-0.3, -0.25) is 4.90 Å². The molecule has 1 unspecified atom stereocenters. The molecule has 2 atom stereocenters. The molecule has 2 heterocycles. The summed E-state index contributed by atoms with van der Waals surface area (Å²) in [5, 5.41) is 0. The van der Waals surface area contributed by atoms with Crippen LogP contribution in [0.15, 0.2) is 0 Å². The highest BCUT2D eigenvalue weighted by Crippen LogP contribution is 2.26. The molecule has 0 aromatic heterocycles. The van der Waals surface area contributed by atoms with Crippen molar-refractivity contribution in [2.24, 2.45) is 0 Å². The van der Waals surface area contributed by atoms with Crippen LogP contribution in [0.3, 0.4) is 0 Å². The molecular formula is C8H15N.